The molecule has 0 saturated carbocycles. The zero-order valence-corrected chi connectivity index (χ0v) is 10.1. The van der Waals surface area contributed by atoms with Gasteiger partial charge in [-0.2, -0.15) is 0 Å². The first-order chi connectivity index (χ1) is 7.79. The fourth-order valence-corrected chi connectivity index (χ4v) is 1.66. The van der Waals surface area contributed by atoms with E-state index < -0.39 is 11.6 Å². The third-order valence-electron chi connectivity index (χ3n) is 2.81. The number of hydrogen-bond acceptors (Lipinski definition) is 2. The summed E-state index contributed by atoms with van der Waals surface area (Å²) in [5.74, 6) is -0.812. The van der Waals surface area contributed by atoms with Gasteiger partial charge in [0.2, 0.25) is 0 Å². The lowest BCUT2D eigenvalue weighted by molar-refractivity contribution is 0.290. The molecule has 0 bridgehead atoms. The fraction of sp³-hybridized carbons (Fsp3) is 0.385. The minimum absolute atomic E-state index is 0.192. The maximum Gasteiger partial charge on any atom is 0.140 e. The third kappa shape index (κ3) is 2.17. The highest BCUT2D eigenvalue weighted by molar-refractivity contribution is 5.78. The summed E-state index contributed by atoms with van der Waals surface area (Å²) in [6.45, 7) is 5.88. The topological polar surface area (TPSA) is 39.2 Å². The Morgan fingerprint density at radius 2 is 1.82 bits per heavy atom. The first-order valence-electron chi connectivity index (χ1n) is 5.43. The van der Waals surface area contributed by atoms with Crippen molar-refractivity contribution in [2.45, 2.75) is 26.8 Å². The average Bonchev–Trinajstić information content (AvgIpc) is 2.58. The fourth-order valence-electron chi connectivity index (χ4n) is 1.66. The van der Waals surface area contributed by atoms with Crippen LogP contribution in [0.4, 0.5) is 8.78 Å². The van der Waals surface area contributed by atoms with E-state index in [1.807, 2.05) is 20.8 Å². The Morgan fingerprint density at radius 1 is 1.18 bits per heavy atom. The van der Waals surface area contributed by atoms with Crippen LogP contribution >= 0.6 is 0 Å². The Hall–Kier alpha value is -1.42. The summed E-state index contributed by atoms with van der Waals surface area (Å²) in [5.41, 5.74) is 6.00. The quantitative estimate of drug-likeness (QED) is 0.823. The lowest BCUT2D eigenvalue weighted by atomic mass is 9.86. The van der Waals surface area contributed by atoms with Crippen molar-refractivity contribution in [1.29, 1.82) is 0 Å². The molecule has 0 spiro atoms. The molecule has 0 aliphatic heterocycles. The smallest absolute Gasteiger partial charge is 0.140 e. The number of fused-ring (bicyclic) bond motifs is 1. The molecule has 1 unspecified atom stereocenters. The molecule has 1 atom stereocenters. The summed E-state index contributed by atoms with van der Waals surface area (Å²) in [7, 11) is 0. The Balaban J connectivity index is 2.56. The lowest BCUT2D eigenvalue weighted by Crippen LogP contribution is -2.25. The second kappa shape index (κ2) is 3.81. The van der Waals surface area contributed by atoms with Gasteiger partial charge in [-0.05, 0) is 11.5 Å². The van der Waals surface area contributed by atoms with Crippen LogP contribution in [0, 0.1) is 17.0 Å². The molecular formula is C13H15F2NO. The minimum atomic E-state index is -0.653. The summed E-state index contributed by atoms with van der Waals surface area (Å²) < 4.78 is 31.9. The van der Waals surface area contributed by atoms with E-state index in [1.165, 1.54) is 0 Å². The standard InChI is InChI=1S/C13H15F2NO/c1-13(2,3)12(16)11-6-8-9(15)4-7(14)5-10(8)17-11/h4-6,12H,16H2,1-3H3. The van der Waals surface area contributed by atoms with Gasteiger partial charge in [-0.3, -0.25) is 0 Å². The van der Waals surface area contributed by atoms with Crippen LogP contribution in [0.5, 0.6) is 0 Å². The van der Waals surface area contributed by atoms with Gasteiger partial charge in [0.15, 0.2) is 0 Å². The summed E-state index contributed by atoms with van der Waals surface area (Å²) in [6, 6.07) is 3.18. The number of nitrogens with two attached hydrogens (primary N) is 1. The Bertz CT molecular complexity index is 554. The monoisotopic (exact) mass is 239 g/mol. The first kappa shape index (κ1) is 12.0. The van der Waals surface area contributed by atoms with Crippen LogP contribution in [0.3, 0.4) is 0 Å². The van der Waals surface area contributed by atoms with Crippen molar-refractivity contribution in [2.24, 2.45) is 11.1 Å². The highest BCUT2D eigenvalue weighted by Gasteiger charge is 2.26. The van der Waals surface area contributed by atoms with Gasteiger partial charge < -0.3 is 10.2 Å². The van der Waals surface area contributed by atoms with E-state index in [0.29, 0.717) is 5.76 Å². The van der Waals surface area contributed by atoms with Gasteiger partial charge in [0.05, 0.1) is 11.4 Å². The van der Waals surface area contributed by atoms with E-state index >= 15 is 0 Å². The highest BCUT2D eigenvalue weighted by atomic mass is 19.1. The van der Waals surface area contributed by atoms with Crippen molar-refractivity contribution in [3.8, 4) is 0 Å². The summed E-state index contributed by atoms with van der Waals surface area (Å²) in [5, 5.41) is 0.265. The molecule has 4 heteroatoms. The zero-order valence-electron chi connectivity index (χ0n) is 10.1. The molecule has 0 aliphatic rings. The van der Waals surface area contributed by atoms with Crippen molar-refractivity contribution >= 4 is 11.0 Å². The molecule has 1 aromatic carbocycles. The van der Waals surface area contributed by atoms with Crippen molar-refractivity contribution in [1.82, 2.24) is 0 Å². The Kier molecular flexibility index (Phi) is 2.70. The van der Waals surface area contributed by atoms with Crippen LogP contribution < -0.4 is 5.73 Å². The molecule has 0 amide bonds. The molecular weight excluding hydrogens is 224 g/mol. The molecule has 2 rings (SSSR count). The van der Waals surface area contributed by atoms with Gasteiger partial charge in [0.25, 0.3) is 0 Å². The molecule has 17 heavy (non-hydrogen) atoms. The second-order valence-electron chi connectivity index (χ2n) is 5.29. The van der Waals surface area contributed by atoms with E-state index in [1.54, 1.807) is 6.07 Å². The predicted molar refractivity (Wildman–Crippen MR) is 62.5 cm³/mol. The number of hydrogen-bond donors (Lipinski definition) is 1. The molecule has 1 aromatic heterocycles. The van der Waals surface area contributed by atoms with Crippen molar-refractivity contribution in [2.75, 3.05) is 0 Å². The summed E-state index contributed by atoms with van der Waals surface area (Å²) >= 11 is 0. The largest absolute Gasteiger partial charge is 0.459 e. The summed E-state index contributed by atoms with van der Waals surface area (Å²) in [6.07, 6.45) is 0. The number of halogens is 2. The molecule has 0 aliphatic carbocycles. The maximum absolute atomic E-state index is 13.5. The summed E-state index contributed by atoms with van der Waals surface area (Å²) in [4.78, 5) is 0. The minimum Gasteiger partial charge on any atom is -0.459 e. The van der Waals surface area contributed by atoms with Crippen molar-refractivity contribution in [3.63, 3.8) is 0 Å². The predicted octanol–water partition coefficient (Wildman–Crippen LogP) is 3.76. The van der Waals surface area contributed by atoms with Crippen molar-refractivity contribution in [3.05, 3.63) is 35.6 Å². The number of furan rings is 1. The number of rotatable bonds is 1. The van der Waals surface area contributed by atoms with E-state index in [-0.39, 0.29) is 22.4 Å². The molecule has 0 fully saturated rings. The highest BCUT2D eigenvalue weighted by Crippen LogP contribution is 2.34. The molecule has 2 nitrogen and oxygen atoms in total. The third-order valence-corrected chi connectivity index (χ3v) is 2.81. The van der Waals surface area contributed by atoms with Gasteiger partial charge in [0, 0.05) is 12.1 Å². The molecule has 0 saturated heterocycles. The molecule has 2 aromatic rings. The SMILES string of the molecule is CC(C)(C)C(N)c1cc2c(F)cc(F)cc2o1. The Morgan fingerprint density at radius 3 is 2.41 bits per heavy atom. The van der Waals surface area contributed by atoms with E-state index in [9.17, 15) is 8.78 Å². The van der Waals surface area contributed by atoms with Crippen LogP contribution in [0.15, 0.2) is 22.6 Å². The van der Waals surface area contributed by atoms with E-state index in [4.69, 9.17) is 10.2 Å². The second-order valence-corrected chi connectivity index (χ2v) is 5.29. The molecule has 2 N–H and O–H groups in total. The van der Waals surface area contributed by atoms with Gasteiger partial charge >= 0.3 is 0 Å². The maximum atomic E-state index is 13.5. The molecule has 92 valence electrons. The molecule has 0 radical (unpaired) electrons. The zero-order chi connectivity index (χ0) is 12.8. The van der Waals surface area contributed by atoms with Gasteiger partial charge in [-0.1, -0.05) is 20.8 Å². The van der Waals surface area contributed by atoms with E-state index in [2.05, 4.69) is 0 Å². The van der Waals surface area contributed by atoms with Gasteiger partial charge in [0.1, 0.15) is 23.0 Å². The normalized spacial score (nSPS) is 14.2. The van der Waals surface area contributed by atoms with Crippen LogP contribution in [0.25, 0.3) is 11.0 Å². The van der Waals surface area contributed by atoms with Crippen molar-refractivity contribution < 1.29 is 13.2 Å². The molecule has 1 heterocycles. The average molecular weight is 239 g/mol. The van der Waals surface area contributed by atoms with Crippen LogP contribution in [-0.4, -0.2) is 0 Å². The van der Waals surface area contributed by atoms with Gasteiger partial charge in [-0.15, -0.1) is 0 Å². The first-order valence-corrected chi connectivity index (χ1v) is 5.43. The lowest BCUT2D eigenvalue weighted by Gasteiger charge is -2.24. The van der Waals surface area contributed by atoms with Crippen LogP contribution in [0.2, 0.25) is 0 Å². The number of benzene rings is 1. The van der Waals surface area contributed by atoms with Crippen LogP contribution in [0.1, 0.15) is 32.6 Å². The van der Waals surface area contributed by atoms with Gasteiger partial charge in [-0.25, -0.2) is 8.78 Å². The Labute approximate surface area is 98.4 Å². The van der Waals surface area contributed by atoms with Crippen LogP contribution in [-0.2, 0) is 0 Å². The van der Waals surface area contributed by atoms with E-state index in [0.717, 1.165) is 12.1 Å².